The summed E-state index contributed by atoms with van der Waals surface area (Å²) in [5, 5.41) is 0. The molecular weight excluding hydrogens is 266 g/mol. The van der Waals surface area contributed by atoms with Crippen molar-refractivity contribution in [3.63, 3.8) is 0 Å². The van der Waals surface area contributed by atoms with Crippen molar-refractivity contribution in [2.24, 2.45) is 0 Å². The zero-order valence-corrected chi connectivity index (χ0v) is 11.6. The van der Waals surface area contributed by atoms with Crippen LogP contribution in [0.1, 0.15) is 12.0 Å². The summed E-state index contributed by atoms with van der Waals surface area (Å²) in [6.45, 7) is 0.198. The molecule has 1 heterocycles. The van der Waals surface area contributed by atoms with Gasteiger partial charge in [-0.05, 0) is 12.0 Å². The van der Waals surface area contributed by atoms with E-state index < -0.39 is 15.9 Å². The zero-order valence-electron chi connectivity index (χ0n) is 10.8. The maximum Gasteiger partial charge on any atom is 0.410 e. The summed E-state index contributed by atoms with van der Waals surface area (Å²) in [6.07, 6.45) is 0.00479. The molecule has 1 unspecified atom stereocenters. The summed E-state index contributed by atoms with van der Waals surface area (Å²) in [5.74, 6) is 0.178. The third-order valence-electron chi connectivity index (χ3n) is 3.25. The third kappa shape index (κ3) is 3.70. The Hall–Kier alpha value is -1.56. The summed E-state index contributed by atoms with van der Waals surface area (Å²) >= 11 is 0. The van der Waals surface area contributed by atoms with E-state index in [0.29, 0.717) is 6.42 Å². The molecule has 0 aliphatic carbocycles. The van der Waals surface area contributed by atoms with Gasteiger partial charge in [-0.1, -0.05) is 30.3 Å². The van der Waals surface area contributed by atoms with Gasteiger partial charge in [-0.15, -0.1) is 0 Å². The van der Waals surface area contributed by atoms with Gasteiger partial charge in [0.1, 0.15) is 6.61 Å². The molecule has 1 aromatic carbocycles. The predicted octanol–water partition coefficient (Wildman–Crippen LogP) is 1.44. The molecule has 1 aliphatic rings. The SMILES string of the molecule is CN(C(=O)OCc1ccccc1)C1CCS(=O)(=O)C1. The van der Waals surface area contributed by atoms with Crippen LogP contribution < -0.4 is 0 Å². The molecule has 0 N–H and O–H groups in total. The highest BCUT2D eigenvalue weighted by Gasteiger charge is 2.33. The molecule has 0 saturated carbocycles. The fraction of sp³-hybridized carbons (Fsp3) is 0.462. The maximum atomic E-state index is 11.8. The van der Waals surface area contributed by atoms with Gasteiger partial charge < -0.3 is 9.64 Å². The van der Waals surface area contributed by atoms with Gasteiger partial charge in [-0.3, -0.25) is 0 Å². The molecule has 19 heavy (non-hydrogen) atoms. The van der Waals surface area contributed by atoms with Gasteiger partial charge in [0.15, 0.2) is 9.84 Å². The first-order valence-electron chi connectivity index (χ1n) is 6.12. The lowest BCUT2D eigenvalue weighted by Crippen LogP contribution is -2.38. The molecule has 0 radical (unpaired) electrons. The van der Waals surface area contributed by atoms with E-state index in [4.69, 9.17) is 4.74 Å². The summed E-state index contributed by atoms with van der Waals surface area (Å²) in [5.41, 5.74) is 0.906. The van der Waals surface area contributed by atoms with Crippen LogP contribution in [0.4, 0.5) is 4.79 Å². The van der Waals surface area contributed by atoms with E-state index in [-0.39, 0.29) is 24.2 Å². The Kier molecular flexibility index (Phi) is 4.09. The molecule has 5 nitrogen and oxygen atoms in total. The fourth-order valence-electron chi connectivity index (χ4n) is 2.05. The first kappa shape index (κ1) is 13.9. The van der Waals surface area contributed by atoms with Crippen molar-refractivity contribution in [1.29, 1.82) is 0 Å². The second-order valence-corrected chi connectivity index (χ2v) is 6.94. The summed E-state index contributed by atoms with van der Waals surface area (Å²) in [7, 11) is -1.41. The maximum absolute atomic E-state index is 11.8. The average Bonchev–Trinajstić information content (AvgIpc) is 2.76. The largest absolute Gasteiger partial charge is 0.445 e. The quantitative estimate of drug-likeness (QED) is 0.842. The Morgan fingerprint density at radius 1 is 1.37 bits per heavy atom. The Morgan fingerprint density at radius 3 is 2.63 bits per heavy atom. The van der Waals surface area contributed by atoms with Crippen LogP contribution in [0.2, 0.25) is 0 Å². The third-order valence-corrected chi connectivity index (χ3v) is 5.00. The molecule has 1 amide bonds. The van der Waals surface area contributed by atoms with Gasteiger partial charge in [0.2, 0.25) is 0 Å². The molecule has 6 heteroatoms. The highest BCUT2D eigenvalue weighted by atomic mass is 32.2. The van der Waals surface area contributed by atoms with Crippen molar-refractivity contribution in [2.45, 2.75) is 19.1 Å². The Balaban J connectivity index is 1.87. The molecular formula is C13H17NO4S. The molecule has 1 saturated heterocycles. The van der Waals surface area contributed by atoms with Gasteiger partial charge in [0, 0.05) is 13.1 Å². The zero-order chi connectivity index (χ0) is 13.9. The topological polar surface area (TPSA) is 63.7 Å². The number of nitrogens with zero attached hydrogens (tertiary/aromatic N) is 1. The number of ether oxygens (including phenoxy) is 1. The minimum atomic E-state index is -2.99. The van der Waals surface area contributed by atoms with Crippen LogP contribution in [-0.4, -0.2) is 44.0 Å². The van der Waals surface area contributed by atoms with Gasteiger partial charge in [-0.25, -0.2) is 13.2 Å². The lowest BCUT2D eigenvalue weighted by Gasteiger charge is -2.22. The van der Waals surface area contributed by atoms with Gasteiger partial charge >= 0.3 is 6.09 Å². The van der Waals surface area contributed by atoms with E-state index in [9.17, 15) is 13.2 Å². The molecule has 1 aromatic rings. The van der Waals surface area contributed by atoms with Crippen molar-refractivity contribution in [1.82, 2.24) is 4.90 Å². The molecule has 2 rings (SSSR count). The number of hydrogen-bond donors (Lipinski definition) is 0. The van der Waals surface area contributed by atoms with Gasteiger partial charge in [-0.2, -0.15) is 0 Å². The van der Waals surface area contributed by atoms with E-state index in [1.54, 1.807) is 7.05 Å². The molecule has 0 aromatic heterocycles. The van der Waals surface area contributed by atoms with E-state index >= 15 is 0 Å². The molecule has 1 fully saturated rings. The smallest absolute Gasteiger partial charge is 0.410 e. The summed E-state index contributed by atoms with van der Waals surface area (Å²) in [6, 6.07) is 9.10. The van der Waals surface area contributed by atoms with Crippen molar-refractivity contribution in [2.75, 3.05) is 18.6 Å². The number of rotatable bonds is 3. The van der Waals surface area contributed by atoms with Crippen LogP contribution in [0.5, 0.6) is 0 Å². The molecule has 104 valence electrons. The Morgan fingerprint density at radius 2 is 2.05 bits per heavy atom. The first-order valence-corrected chi connectivity index (χ1v) is 7.94. The number of benzene rings is 1. The Bertz CT molecular complexity index is 541. The number of amides is 1. The summed E-state index contributed by atoms with van der Waals surface area (Å²) < 4.78 is 27.9. The molecule has 0 bridgehead atoms. The van der Waals surface area contributed by atoms with Crippen LogP contribution in [-0.2, 0) is 21.2 Å². The summed E-state index contributed by atoms with van der Waals surface area (Å²) in [4.78, 5) is 13.2. The number of hydrogen-bond acceptors (Lipinski definition) is 4. The monoisotopic (exact) mass is 283 g/mol. The van der Waals surface area contributed by atoms with Crippen LogP contribution in [0.3, 0.4) is 0 Å². The van der Waals surface area contributed by atoms with E-state index in [0.717, 1.165) is 5.56 Å². The highest BCUT2D eigenvalue weighted by molar-refractivity contribution is 7.91. The predicted molar refractivity (Wildman–Crippen MR) is 71.4 cm³/mol. The molecule has 1 atom stereocenters. The van der Waals surface area contributed by atoms with E-state index in [1.807, 2.05) is 30.3 Å². The van der Waals surface area contributed by atoms with Crippen molar-refractivity contribution in [3.05, 3.63) is 35.9 Å². The van der Waals surface area contributed by atoms with Crippen molar-refractivity contribution < 1.29 is 17.9 Å². The second kappa shape index (κ2) is 5.61. The van der Waals surface area contributed by atoms with Crippen LogP contribution >= 0.6 is 0 Å². The average molecular weight is 283 g/mol. The number of sulfone groups is 1. The minimum absolute atomic E-state index is 0.0317. The van der Waals surface area contributed by atoms with Crippen molar-refractivity contribution in [3.8, 4) is 0 Å². The normalized spacial score (nSPS) is 21.0. The first-order chi connectivity index (χ1) is 8.98. The fourth-order valence-corrected chi connectivity index (χ4v) is 3.83. The second-order valence-electron chi connectivity index (χ2n) is 4.71. The lowest BCUT2D eigenvalue weighted by molar-refractivity contribution is 0.0944. The van der Waals surface area contributed by atoms with E-state index in [1.165, 1.54) is 4.90 Å². The van der Waals surface area contributed by atoms with Crippen LogP contribution in [0, 0.1) is 0 Å². The minimum Gasteiger partial charge on any atom is -0.445 e. The van der Waals surface area contributed by atoms with Crippen molar-refractivity contribution >= 4 is 15.9 Å². The lowest BCUT2D eigenvalue weighted by atomic mass is 10.2. The Labute approximate surface area is 113 Å². The molecule has 0 spiro atoms. The van der Waals surface area contributed by atoms with E-state index in [2.05, 4.69) is 0 Å². The highest BCUT2D eigenvalue weighted by Crippen LogP contribution is 2.17. The van der Waals surface area contributed by atoms with Crippen LogP contribution in [0.15, 0.2) is 30.3 Å². The number of carbonyl (C=O) groups is 1. The van der Waals surface area contributed by atoms with Gasteiger partial charge in [0.25, 0.3) is 0 Å². The van der Waals surface area contributed by atoms with Gasteiger partial charge in [0.05, 0.1) is 11.5 Å². The van der Waals surface area contributed by atoms with Crippen LogP contribution in [0.25, 0.3) is 0 Å². The number of carbonyl (C=O) groups excluding carboxylic acids is 1. The standard InChI is InChI=1S/C13H17NO4S/c1-14(12-7-8-19(16,17)10-12)13(15)18-9-11-5-3-2-4-6-11/h2-6,12H,7-10H2,1H3. The molecule has 1 aliphatic heterocycles.